The summed E-state index contributed by atoms with van der Waals surface area (Å²) in [4.78, 5) is 16.0. The Morgan fingerprint density at radius 3 is 2.93 bits per heavy atom. The van der Waals surface area contributed by atoms with Crippen molar-refractivity contribution in [1.82, 2.24) is 19.8 Å². The van der Waals surface area contributed by atoms with Crippen molar-refractivity contribution in [3.05, 3.63) is 29.1 Å². The molecule has 4 rings (SSSR count). The maximum absolute atomic E-state index is 13.0. The highest BCUT2D eigenvalue weighted by atomic mass is 79.9. The standard InChI is InChI=1S/C17H15BrF2N6O2/c1-28-11-4-8(13-14-16(21)22-7-23-26(14)25-15(13)18)2-3-10(11)24-12(27)5-9-6-17(9,19)20/h2-4,7,9H,5-6H2,1H3,(H,24,27)(H2,21,22,23). The average Bonchev–Trinajstić information content (AvgIpc) is 3.07. The Balaban J connectivity index is 1.65. The number of rotatable bonds is 5. The first-order valence-corrected chi connectivity index (χ1v) is 9.10. The lowest BCUT2D eigenvalue weighted by atomic mass is 10.1. The molecule has 146 valence electrons. The van der Waals surface area contributed by atoms with Crippen molar-refractivity contribution in [2.75, 3.05) is 18.2 Å². The van der Waals surface area contributed by atoms with Crippen LogP contribution in [0.5, 0.6) is 5.75 Å². The zero-order valence-corrected chi connectivity index (χ0v) is 16.2. The number of fused-ring (bicyclic) bond motifs is 1. The molecule has 1 amide bonds. The Kier molecular flexibility index (Phi) is 4.41. The van der Waals surface area contributed by atoms with E-state index in [0.29, 0.717) is 32.7 Å². The minimum atomic E-state index is -2.73. The van der Waals surface area contributed by atoms with E-state index in [1.807, 2.05) is 0 Å². The zero-order chi connectivity index (χ0) is 20.1. The number of halogens is 3. The largest absolute Gasteiger partial charge is 0.495 e. The fourth-order valence-corrected chi connectivity index (χ4v) is 3.58. The van der Waals surface area contributed by atoms with Crippen LogP contribution in [0.25, 0.3) is 16.6 Å². The quantitative estimate of drug-likeness (QED) is 0.615. The number of nitrogens with two attached hydrogens (primary N) is 1. The number of amides is 1. The van der Waals surface area contributed by atoms with E-state index >= 15 is 0 Å². The zero-order valence-electron chi connectivity index (χ0n) is 14.6. The molecular weight excluding hydrogens is 438 g/mol. The number of carbonyl (C=O) groups is 1. The van der Waals surface area contributed by atoms with Gasteiger partial charge in [-0.25, -0.2) is 13.8 Å². The van der Waals surface area contributed by atoms with Gasteiger partial charge in [0.25, 0.3) is 5.92 Å². The first-order chi connectivity index (χ1) is 13.3. The van der Waals surface area contributed by atoms with Gasteiger partial charge in [0.1, 0.15) is 22.2 Å². The number of alkyl halides is 2. The molecule has 2 aromatic heterocycles. The maximum Gasteiger partial charge on any atom is 0.252 e. The van der Waals surface area contributed by atoms with E-state index in [4.69, 9.17) is 10.5 Å². The summed E-state index contributed by atoms with van der Waals surface area (Å²) in [6.45, 7) is 0. The van der Waals surface area contributed by atoms with Crippen molar-refractivity contribution < 1.29 is 18.3 Å². The van der Waals surface area contributed by atoms with E-state index in [9.17, 15) is 13.6 Å². The van der Waals surface area contributed by atoms with E-state index in [1.165, 1.54) is 18.1 Å². The summed E-state index contributed by atoms with van der Waals surface area (Å²) in [5.74, 6) is -3.48. The van der Waals surface area contributed by atoms with Crippen LogP contribution in [0.1, 0.15) is 12.8 Å². The lowest BCUT2D eigenvalue weighted by Crippen LogP contribution is -2.14. The molecule has 1 fully saturated rings. The monoisotopic (exact) mass is 452 g/mol. The number of hydrogen-bond acceptors (Lipinski definition) is 6. The summed E-state index contributed by atoms with van der Waals surface area (Å²) in [7, 11) is 1.45. The van der Waals surface area contributed by atoms with E-state index in [2.05, 4.69) is 36.4 Å². The first-order valence-electron chi connectivity index (χ1n) is 8.31. The molecule has 2 heterocycles. The lowest BCUT2D eigenvalue weighted by Gasteiger charge is -2.12. The normalized spacial score (nSPS) is 17.5. The second-order valence-corrected chi connectivity index (χ2v) is 7.23. The molecule has 1 aromatic carbocycles. The summed E-state index contributed by atoms with van der Waals surface area (Å²) >= 11 is 3.39. The number of ether oxygens (including phenoxy) is 1. The van der Waals surface area contributed by atoms with Gasteiger partial charge in [-0.1, -0.05) is 6.07 Å². The highest BCUT2D eigenvalue weighted by Crippen LogP contribution is 2.50. The van der Waals surface area contributed by atoms with Crippen LogP contribution < -0.4 is 15.8 Å². The lowest BCUT2D eigenvalue weighted by molar-refractivity contribution is -0.117. The number of benzene rings is 1. The molecule has 1 unspecified atom stereocenters. The molecule has 0 aliphatic heterocycles. The van der Waals surface area contributed by atoms with Crippen LogP contribution in [0, 0.1) is 5.92 Å². The van der Waals surface area contributed by atoms with Gasteiger partial charge in [-0.15, -0.1) is 14.8 Å². The van der Waals surface area contributed by atoms with Gasteiger partial charge in [0, 0.05) is 24.3 Å². The topological polar surface area (TPSA) is 107 Å². The molecule has 3 aromatic rings. The fraction of sp³-hybridized carbons (Fsp3) is 0.294. The number of hydrogen-bond donors (Lipinski definition) is 2. The Morgan fingerprint density at radius 2 is 2.25 bits per heavy atom. The predicted molar refractivity (Wildman–Crippen MR) is 101 cm³/mol. The Hall–Kier alpha value is -2.82. The van der Waals surface area contributed by atoms with Gasteiger partial charge in [0.05, 0.1) is 12.8 Å². The van der Waals surface area contributed by atoms with E-state index < -0.39 is 17.7 Å². The van der Waals surface area contributed by atoms with Crippen LogP contribution in [-0.2, 0) is 4.79 Å². The summed E-state index contributed by atoms with van der Waals surface area (Å²) in [5.41, 5.74) is 8.23. The van der Waals surface area contributed by atoms with Crippen molar-refractivity contribution in [1.29, 1.82) is 0 Å². The molecular formula is C17H15BrF2N6O2. The van der Waals surface area contributed by atoms with Crippen molar-refractivity contribution in [3.8, 4) is 16.9 Å². The van der Waals surface area contributed by atoms with Gasteiger partial charge >= 0.3 is 0 Å². The molecule has 1 atom stereocenters. The second-order valence-electron chi connectivity index (χ2n) is 6.48. The predicted octanol–water partition coefficient (Wildman–Crippen LogP) is 3.13. The Bertz CT molecular complexity index is 1090. The van der Waals surface area contributed by atoms with Crippen LogP contribution in [0.4, 0.5) is 20.3 Å². The van der Waals surface area contributed by atoms with Crippen molar-refractivity contribution >= 4 is 38.9 Å². The summed E-state index contributed by atoms with van der Waals surface area (Å²) in [6.07, 6.45) is 0.822. The SMILES string of the molecule is COc1cc(-c2c(Br)nn3ncnc(N)c23)ccc1NC(=O)CC1CC1(F)F. The summed E-state index contributed by atoms with van der Waals surface area (Å²) < 4.78 is 33.3. The molecule has 0 bridgehead atoms. The van der Waals surface area contributed by atoms with E-state index in [0.717, 1.165) is 0 Å². The number of methoxy groups -OCH3 is 1. The van der Waals surface area contributed by atoms with Gasteiger partial charge in [0.15, 0.2) is 5.82 Å². The smallest absolute Gasteiger partial charge is 0.252 e. The number of carbonyl (C=O) groups excluding carboxylic acids is 1. The third-order valence-corrected chi connectivity index (χ3v) is 5.13. The Labute approximate surface area is 166 Å². The highest BCUT2D eigenvalue weighted by Gasteiger charge is 2.57. The van der Waals surface area contributed by atoms with Crippen LogP contribution >= 0.6 is 15.9 Å². The van der Waals surface area contributed by atoms with Crippen LogP contribution in [0.15, 0.2) is 29.1 Å². The van der Waals surface area contributed by atoms with Gasteiger partial charge in [0.2, 0.25) is 5.91 Å². The van der Waals surface area contributed by atoms with Crippen LogP contribution in [0.3, 0.4) is 0 Å². The number of aromatic nitrogens is 4. The van der Waals surface area contributed by atoms with E-state index in [1.54, 1.807) is 18.2 Å². The molecule has 1 saturated carbocycles. The molecule has 1 aliphatic carbocycles. The number of anilines is 2. The number of nitrogen functional groups attached to an aromatic ring is 1. The van der Waals surface area contributed by atoms with Crippen molar-refractivity contribution in [2.45, 2.75) is 18.8 Å². The molecule has 11 heteroatoms. The van der Waals surface area contributed by atoms with E-state index in [-0.39, 0.29) is 18.7 Å². The van der Waals surface area contributed by atoms with Crippen LogP contribution in [0.2, 0.25) is 0 Å². The molecule has 1 aliphatic rings. The van der Waals surface area contributed by atoms with Gasteiger partial charge < -0.3 is 15.8 Å². The minimum Gasteiger partial charge on any atom is -0.495 e. The second kappa shape index (κ2) is 6.66. The third kappa shape index (κ3) is 3.26. The minimum absolute atomic E-state index is 0.231. The first kappa shape index (κ1) is 18.5. The van der Waals surface area contributed by atoms with Crippen LogP contribution in [-0.4, -0.2) is 38.8 Å². The number of nitrogens with zero attached hydrogens (tertiary/aromatic N) is 4. The summed E-state index contributed by atoms with van der Waals surface area (Å²) in [5, 5.41) is 10.9. The van der Waals surface area contributed by atoms with Gasteiger partial charge in [-0.2, -0.15) is 0 Å². The van der Waals surface area contributed by atoms with Crippen molar-refractivity contribution in [3.63, 3.8) is 0 Å². The molecule has 8 nitrogen and oxygen atoms in total. The molecule has 28 heavy (non-hydrogen) atoms. The molecule has 3 N–H and O–H groups in total. The molecule has 0 saturated heterocycles. The Morgan fingerprint density at radius 1 is 1.50 bits per heavy atom. The van der Waals surface area contributed by atoms with Crippen molar-refractivity contribution in [2.24, 2.45) is 5.92 Å². The molecule has 0 spiro atoms. The molecule has 0 radical (unpaired) electrons. The van der Waals surface area contributed by atoms with Gasteiger partial charge in [-0.05, 0) is 33.6 Å². The van der Waals surface area contributed by atoms with Gasteiger partial charge in [-0.3, -0.25) is 4.79 Å². The fourth-order valence-electron chi connectivity index (χ4n) is 3.01. The average molecular weight is 453 g/mol. The number of nitrogens with one attached hydrogen (secondary N) is 1. The maximum atomic E-state index is 13.0. The highest BCUT2D eigenvalue weighted by molar-refractivity contribution is 9.10. The third-order valence-electron chi connectivity index (χ3n) is 4.58. The summed E-state index contributed by atoms with van der Waals surface area (Å²) in [6, 6.07) is 5.06.